The number of ether oxygens (including phenoxy) is 1. The van der Waals surface area contributed by atoms with E-state index >= 15 is 0 Å². The number of benzene rings is 2. The lowest BCUT2D eigenvalue weighted by Crippen LogP contribution is -2.38. The van der Waals surface area contributed by atoms with Crippen LogP contribution in [0.1, 0.15) is 38.2 Å². The molecule has 4 nitrogen and oxygen atoms in total. The lowest BCUT2D eigenvalue weighted by Gasteiger charge is -2.33. The molecule has 1 fully saturated rings. The summed E-state index contributed by atoms with van der Waals surface area (Å²) in [6.45, 7) is 7.54. The molecule has 2 aromatic carbocycles. The predicted octanol–water partition coefficient (Wildman–Crippen LogP) is 5.84. The third-order valence-electron chi connectivity index (χ3n) is 5.72. The van der Waals surface area contributed by atoms with E-state index in [1.807, 2.05) is 24.3 Å². The first-order chi connectivity index (χ1) is 13.6. The monoisotopic (exact) mass is 397 g/mol. The molecule has 148 valence electrons. The van der Waals surface area contributed by atoms with Crippen LogP contribution in [0.15, 0.2) is 36.4 Å². The van der Waals surface area contributed by atoms with Gasteiger partial charge in [0.2, 0.25) is 0 Å². The zero-order valence-electron chi connectivity index (χ0n) is 16.7. The number of hydrogen-bond acceptors (Lipinski definition) is 3. The number of aromatic nitrogens is 2. The van der Waals surface area contributed by atoms with Crippen LogP contribution in [-0.2, 0) is 0 Å². The minimum Gasteiger partial charge on any atom is -0.494 e. The van der Waals surface area contributed by atoms with Gasteiger partial charge < -0.3 is 14.6 Å². The molecule has 0 bridgehead atoms. The highest BCUT2D eigenvalue weighted by Crippen LogP contribution is 2.29. The molecule has 0 spiro atoms. The number of fused-ring (bicyclic) bond motifs is 1. The van der Waals surface area contributed by atoms with Crippen LogP contribution in [0.5, 0.6) is 5.75 Å². The molecule has 3 aromatic rings. The summed E-state index contributed by atoms with van der Waals surface area (Å²) in [5.41, 5.74) is 3.97. The van der Waals surface area contributed by atoms with Crippen LogP contribution < -0.4 is 4.74 Å². The Morgan fingerprint density at radius 1 is 1.25 bits per heavy atom. The smallest absolute Gasteiger partial charge is 0.138 e. The van der Waals surface area contributed by atoms with Crippen molar-refractivity contribution in [1.29, 1.82) is 0 Å². The molecule has 5 heteroatoms. The van der Waals surface area contributed by atoms with Gasteiger partial charge >= 0.3 is 0 Å². The maximum Gasteiger partial charge on any atom is 0.138 e. The van der Waals surface area contributed by atoms with E-state index in [-0.39, 0.29) is 0 Å². The van der Waals surface area contributed by atoms with Gasteiger partial charge in [0.1, 0.15) is 17.1 Å². The third kappa shape index (κ3) is 4.18. The van der Waals surface area contributed by atoms with E-state index in [0.717, 1.165) is 53.3 Å². The molecule has 0 radical (unpaired) electrons. The van der Waals surface area contributed by atoms with Gasteiger partial charge in [-0.25, -0.2) is 4.98 Å². The molecular weight excluding hydrogens is 370 g/mol. The first-order valence-corrected chi connectivity index (χ1v) is 10.6. The molecule has 1 saturated heterocycles. The van der Waals surface area contributed by atoms with Crippen molar-refractivity contribution >= 4 is 22.6 Å². The number of hydrogen-bond donors (Lipinski definition) is 1. The summed E-state index contributed by atoms with van der Waals surface area (Å²) in [5.74, 6) is 1.76. The fourth-order valence-corrected chi connectivity index (χ4v) is 4.28. The predicted molar refractivity (Wildman–Crippen MR) is 116 cm³/mol. The molecule has 1 aliphatic heterocycles. The van der Waals surface area contributed by atoms with E-state index < -0.39 is 0 Å². The van der Waals surface area contributed by atoms with Crippen molar-refractivity contribution in [3.8, 4) is 17.1 Å². The fourth-order valence-electron chi connectivity index (χ4n) is 4.06. The molecular formula is C23H28ClN3O. The minimum atomic E-state index is 0.667. The van der Waals surface area contributed by atoms with Gasteiger partial charge in [-0.1, -0.05) is 24.1 Å². The number of nitrogens with one attached hydrogen (secondary N) is 1. The maximum atomic E-state index is 6.25. The number of aromatic amines is 1. The molecule has 0 aliphatic carbocycles. The Bertz CT molecular complexity index is 952. The quantitative estimate of drug-likeness (QED) is 0.531. The molecule has 1 unspecified atom stereocenters. The topological polar surface area (TPSA) is 41.1 Å². The summed E-state index contributed by atoms with van der Waals surface area (Å²) >= 11 is 6.25. The number of para-hydroxylation sites is 1. The zero-order chi connectivity index (χ0) is 19.5. The normalized spacial score (nSPS) is 17.9. The number of H-pyrrole nitrogens is 1. The second-order valence-corrected chi connectivity index (χ2v) is 8.19. The van der Waals surface area contributed by atoms with Crippen LogP contribution in [0.3, 0.4) is 0 Å². The second kappa shape index (κ2) is 8.54. The van der Waals surface area contributed by atoms with Crippen LogP contribution in [0.25, 0.3) is 22.4 Å². The van der Waals surface area contributed by atoms with E-state index in [2.05, 4.69) is 40.8 Å². The number of likely N-dealkylation sites (tertiary alicyclic amines) is 1. The second-order valence-electron chi connectivity index (χ2n) is 7.78. The lowest BCUT2D eigenvalue weighted by atomic mass is 10.0. The minimum absolute atomic E-state index is 0.667. The Labute approximate surface area is 171 Å². The number of aryl methyl sites for hydroxylation is 1. The molecule has 1 aromatic heterocycles. The van der Waals surface area contributed by atoms with Crippen LogP contribution in [-0.4, -0.2) is 40.6 Å². The van der Waals surface area contributed by atoms with Crippen LogP contribution in [0.2, 0.25) is 5.02 Å². The molecule has 0 saturated carbocycles. The largest absolute Gasteiger partial charge is 0.494 e. The molecule has 28 heavy (non-hydrogen) atoms. The fraction of sp³-hybridized carbons (Fsp3) is 0.435. The van der Waals surface area contributed by atoms with E-state index in [0.29, 0.717) is 11.1 Å². The molecule has 2 heterocycles. The highest BCUT2D eigenvalue weighted by Gasteiger charge is 2.17. The van der Waals surface area contributed by atoms with Gasteiger partial charge in [-0.2, -0.15) is 0 Å². The Morgan fingerprint density at radius 3 is 2.93 bits per heavy atom. The van der Waals surface area contributed by atoms with Gasteiger partial charge in [-0.15, -0.1) is 0 Å². The molecule has 1 atom stereocenters. The SMILES string of the molecule is Cc1cc(OCCCN2CCCCC2C)ccc1-c1nc2c(Cl)cccc2[nH]1. The number of rotatable bonds is 6. The van der Waals surface area contributed by atoms with Crippen LogP contribution in [0.4, 0.5) is 0 Å². The van der Waals surface area contributed by atoms with Gasteiger partial charge in [-0.3, -0.25) is 0 Å². The average molecular weight is 398 g/mol. The maximum absolute atomic E-state index is 6.25. The Balaban J connectivity index is 1.38. The summed E-state index contributed by atoms with van der Waals surface area (Å²) in [7, 11) is 0. The molecule has 0 amide bonds. The Kier molecular flexibility index (Phi) is 5.88. The van der Waals surface area contributed by atoms with Crippen LogP contribution in [0, 0.1) is 6.92 Å². The summed E-state index contributed by atoms with van der Waals surface area (Å²) in [6, 6.07) is 12.7. The molecule has 4 rings (SSSR count). The third-order valence-corrected chi connectivity index (χ3v) is 6.02. The number of imidazole rings is 1. The Hall–Kier alpha value is -2.04. The summed E-state index contributed by atoms with van der Waals surface area (Å²) in [5, 5.41) is 0.667. The number of nitrogens with zero attached hydrogens (tertiary/aromatic N) is 2. The van der Waals surface area contributed by atoms with Gasteiger partial charge in [0, 0.05) is 18.2 Å². The van der Waals surface area contributed by atoms with Gasteiger partial charge in [0.15, 0.2) is 0 Å². The molecule has 1 N–H and O–H groups in total. The van der Waals surface area contributed by atoms with Crippen LogP contribution >= 0.6 is 11.6 Å². The van der Waals surface area contributed by atoms with Crippen molar-refractivity contribution in [2.75, 3.05) is 19.7 Å². The van der Waals surface area contributed by atoms with Gasteiger partial charge in [-0.05, 0) is 75.5 Å². The average Bonchev–Trinajstić information content (AvgIpc) is 3.12. The van der Waals surface area contributed by atoms with E-state index in [4.69, 9.17) is 16.3 Å². The van der Waals surface area contributed by atoms with Crippen molar-refractivity contribution < 1.29 is 4.74 Å². The summed E-state index contributed by atoms with van der Waals surface area (Å²) in [6.07, 6.45) is 5.10. The zero-order valence-corrected chi connectivity index (χ0v) is 17.4. The Morgan fingerprint density at radius 2 is 2.14 bits per heavy atom. The summed E-state index contributed by atoms with van der Waals surface area (Å²) < 4.78 is 6.00. The first kappa shape index (κ1) is 19.3. The van der Waals surface area contributed by atoms with Crippen molar-refractivity contribution in [1.82, 2.24) is 14.9 Å². The van der Waals surface area contributed by atoms with Crippen molar-refractivity contribution in [2.45, 2.75) is 45.6 Å². The number of halogens is 1. The first-order valence-electron chi connectivity index (χ1n) is 10.2. The van der Waals surface area contributed by atoms with Crippen molar-refractivity contribution in [3.63, 3.8) is 0 Å². The molecule has 1 aliphatic rings. The van der Waals surface area contributed by atoms with Crippen molar-refractivity contribution in [2.24, 2.45) is 0 Å². The highest BCUT2D eigenvalue weighted by molar-refractivity contribution is 6.35. The summed E-state index contributed by atoms with van der Waals surface area (Å²) in [4.78, 5) is 10.6. The van der Waals surface area contributed by atoms with Gasteiger partial charge in [0.25, 0.3) is 0 Å². The van der Waals surface area contributed by atoms with E-state index in [1.165, 1.54) is 25.8 Å². The van der Waals surface area contributed by atoms with E-state index in [1.54, 1.807) is 0 Å². The number of piperidine rings is 1. The standard InChI is InChI=1S/C23H28ClN3O/c1-16-15-18(28-14-6-13-27-12-4-3-7-17(27)2)10-11-19(16)23-25-21-9-5-8-20(24)22(21)26-23/h5,8-11,15,17H,3-4,6-7,12-14H2,1-2H3,(H,25,26). The van der Waals surface area contributed by atoms with Gasteiger partial charge in [0.05, 0.1) is 17.1 Å². The highest BCUT2D eigenvalue weighted by atomic mass is 35.5. The lowest BCUT2D eigenvalue weighted by molar-refractivity contribution is 0.148. The van der Waals surface area contributed by atoms with Crippen molar-refractivity contribution in [3.05, 3.63) is 47.0 Å². The van der Waals surface area contributed by atoms with E-state index in [9.17, 15) is 0 Å².